The Labute approximate surface area is 195 Å². The summed E-state index contributed by atoms with van der Waals surface area (Å²) in [4.78, 5) is 67.2. The van der Waals surface area contributed by atoms with Crippen molar-refractivity contribution in [1.82, 2.24) is 25.9 Å². The number of carboxylic acids is 2. The number of nitrogens with zero attached hydrogens (tertiary/aromatic N) is 1. The minimum atomic E-state index is -1.62. The first-order valence-electron chi connectivity index (χ1n) is 10.6. The first-order valence-corrected chi connectivity index (χ1v) is 10.6. The predicted molar refractivity (Wildman–Crippen MR) is 117 cm³/mol. The lowest BCUT2D eigenvalue weighted by atomic mass is 9.97. The topological polar surface area (TPSA) is 237 Å². The number of rotatable bonds is 14. The van der Waals surface area contributed by atoms with Crippen molar-refractivity contribution < 1.29 is 39.3 Å². The molecule has 9 N–H and O–H groups in total. The fourth-order valence-corrected chi connectivity index (χ4v) is 2.90. The smallest absolute Gasteiger partial charge is 0.326 e. The van der Waals surface area contributed by atoms with E-state index in [-0.39, 0.29) is 6.42 Å². The Morgan fingerprint density at radius 1 is 1.03 bits per heavy atom. The van der Waals surface area contributed by atoms with Crippen molar-refractivity contribution >= 4 is 29.7 Å². The molecule has 0 radical (unpaired) electrons. The van der Waals surface area contributed by atoms with E-state index in [4.69, 9.17) is 5.73 Å². The number of aromatic nitrogens is 2. The summed E-state index contributed by atoms with van der Waals surface area (Å²) in [6.45, 7) is 4.70. The van der Waals surface area contributed by atoms with Crippen molar-refractivity contribution in [1.29, 1.82) is 0 Å². The first kappa shape index (κ1) is 28.5. The van der Waals surface area contributed by atoms with E-state index in [0.29, 0.717) is 12.1 Å². The molecular weight excluding hydrogens is 452 g/mol. The fourth-order valence-electron chi connectivity index (χ4n) is 2.90. The molecule has 0 aliphatic rings. The van der Waals surface area contributed by atoms with E-state index in [1.165, 1.54) is 19.4 Å². The molecule has 190 valence electrons. The average Bonchev–Trinajstić information content (AvgIpc) is 3.27. The number of carbonyl (C=O) groups excluding carboxylic acids is 3. The molecule has 14 heteroatoms. The zero-order chi connectivity index (χ0) is 26.0. The Hall–Kier alpha value is -3.52. The Balaban J connectivity index is 3.02. The molecule has 0 saturated heterocycles. The molecular formula is C20H32N6O8. The van der Waals surface area contributed by atoms with Crippen LogP contribution in [-0.4, -0.2) is 85.2 Å². The van der Waals surface area contributed by atoms with E-state index in [9.17, 15) is 39.3 Å². The van der Waals surface area contributed by atoms with Gasteiger partial charge in [-0.1, -0.05) is 20.3 Å². The zero-order valence-electron chi connectivity index (χ0n) is 19.1. The fraction of sp³-hybridized carbons (Fsp3) is 0.600. The van der Waals surface area contributed by atoms with Gasteiger partial charge in [0, 0.05) is 18.3 Å². The molecule has 0 aromatic carbocycles. The molecule has 14 nitrogen and oxygen atoms in total. The molecule has 0 fully saturated rings. The number of carboxylic acid groups (broad SMARTS) is 2. The molecule has 6 unspecified atom stereocenters. The highest BCUT2D eigenvalue weighted by molar-refractivity contribution is 5.95. The Morgan fingerprint density at radius 2 is 1.65 bits per heavy atom. The number of hydrogen-bond donors (Lipinski definition) is 8. The van der Waals surface area contributed by atoms with E-state index >= 15 is 0 Å². The van der Waals surface area contributed by atoms with Crippen LogP contribution in [0.5, 0.6) is 0 Å². The highest BCUT2D eigenvalue weighted by Gasteiger charge is 2.34. The second kappa shape index (κ2) is 13.3. The van der Waals surface area contributed by atoms with Crippen molar-refractivity contribution in [3.63, 3.8) is 0 Å². The number of aliphatic carboxylic acids is 2. The van der Waals surface area contributed by atoms with E-state index in [2.05, 4.69) is 25.9 Å². The van der Waals surface area contributed by atoms with Gasteiger partial charge in [0.2, 0.25) is 17.7 Å². The number of carbonyl (C=O) groups is 5. The van der Waals surface area contributed by atoms with Crippen LogP contribution in [-0.2, 0) is 30.4 Å². The molecule has 0 aliphatic heterocycles. The van der Waals surface area contributed by atoms with Crippen LogP contribution in [0.4, 0.5) is 0 Å². The zero-order valence-corrected chi connectivity index (χ0v) is 19.1. The Kier molecular flexibility index (Phi) is 11.1. The maximum Gasteiger partial charge on any atom is 0.326 e. The van der Waals surface area contributed by atoms with Crippen LogP contribution in [0, 0.1) is 5.92 Å². The largest absolute Gasteiger partial charge is 0.481 e. The van der Waals surface area contributed by atoms with Gasteiger partial charge in [-0.05, 0) is 12.8 Å². The number of imidazole rings is 1. The molecule has 1 rings (SSSR count). The van der Waals surface area contributed by atoms with Crippen LogP contribution >= 0.6 is 0 Å². The first-order chi connectivity index (χ1) is 15.9. The van der Waals surface area contributed by atoms with Gasteiger partial charge in [-0.25, -0.2) is 9.78 Å². The van der Waals surface area contributed by atoms with E-state index < -0.39 is 72.3 Å². The minimum absolute atomic E-state index is 0.155. The number of aliphatic hydroxyl groups excluding tert-OH is 1. The quantitative estimate of drug-likeness (QED) is 0.141. The molecule has 0 saturated carbocycles. The van der Waals surface area contributed by atoms with Crippen molar-refractivity contribution in [2.45, 2.75) is 70.3 Å². The van der Waals surface area contributed by atoms with Gasteiger partial charge in [0.15, 0.2) is 0 Å². The summed E-state index contributed by atoms with van der Waals surface area (Å²) in [5.74, 6) is -5.92. The third-order valence-electron chi connectivity index (χ3n) is 5.22. The van der Waals surface area contributed by atoms with Gasteiger partial charge in [0.05, 0.1) is 18.9 Å². The van der Waals surface area contributed by atoms with Crippen LogP contribution in [0.3, 0.4) is 0 Å². The molecule has 0 bridgehead atoms. The predicted octanol–water partition coefficient (Wildman–Crippen LogP) is -2.28. The number of H-pyrrole nitrogens is 1. The number of amides is 3. The van der Waals surface area contributed by atoms with Crippen molar-refractivity contribution in [2.75, 3.05) is 0 Å². The Morgan fingerprint density at radius 3 is 2.12 bits per heavy atom. The molecule has 0 aliphatic carbocycles. The molecule has 1 aromatic rings. The molecule has 6 atom stereocenters. The van der Waals surface area contributed by atoms with Crippen molar-refractivity contribution in [3.8, 4) is 0 Å². The lowest BCUT2D eigenvalue weighted by Gasteiger charge is -2.28. The van der Waals surface area contributed by atoms with Crippen LogP contribution < -0.4 is 21.7 Å². The standard InChI is InChI=1S/C20H32N6O8/c1-4-9(2)16(26-18(31)15(21)10(3)27)19(32)24-12(6-14(28)29)17(30)25-13(20(33)34)5-11-7-22-8-23-11/h7-10,12-13,15-16,27H,4-6,21H2,1-3H3,(H,22,23)(H,24,32)(H,25,30)(H,26,31)(H,28,29)(H,33,34). The number of hydrogen-bond acceptors (Lipinski definition) is 8. The van der Waals surface area contributed by atoms with Gasteiger partial charge in [-0.3, -0.25) is 19.2 Å². The second-order valence-corrected chi connectivity index (χ2v) is 7.98. The van der Waals surface area contributed by atoms with Crippen LogP contribution in [0.1, 0.15) is 39.3 Å². The number of nitrogens with two attached hydrogens (primary N) is 1. The van der Waals surface area contributed by atoms with Crippen molar-refractivity contribution in [2.24, 2.45) is 11.7 Å². The monoisotopic (exact) mass is 484 g/mol. The summed E-state index contributed by atoms with van der Waals surface area (Å²) in [5.41, 5.74) is 6.02. The molecule has 1 aromatic heterocycles. The third-order valence-corrected chi connectivity index (χ3v) is 5.22. The summed E-state index contributed by atoms with van der Waals surface area (Å²) in [5, 5.41) is 35.0. The highest BCUT2D eigenvalue weighted by Crippen LogP contribution is 2.10. The molecule has 34 heavy (non-hydrogen) atoms. The third kappa shape index (κ3) is 8.78. The van der Waals surface area contributed by atoms with Crippen molar-refractivity contribution in [3.05, 3.63) is 18.2 Å². The number of aromatic amines is 1. The Bertz CT molecular complexity index is 859. The van der Waals surface area contributed by atoms with Gasteiger partial charge >= 0.3 is 11.9 Å². The molecule has 3 amide bonds. The van der Waals surface area contributed by atoms with Gasteiger partial charge in [-0.15, -0.1) is 0 Å². The van der Waals surface area contributed by atoms with Gasteiger partial charge in [0.25, 0.3) is 0 Å². The average molecular weight is 485 g/mol. The van der Waals surface area contributed by atoms with Gasteiger partial charge in [0.1, 0.15) is 24.2 Å². The highest BCUT2D eigenvalue weighted by atomic mass is 16.4. The normalized spacial score (nSPS) is 16.3. The summed E-state index contributed by atoms with van der Waals surface area (Å²) >= 11 is 0. The van der Waals surface area contributed by atoms with Gasteiger partial charge in [-0.2, -0.15) is 0 Å². The summed E-state index contributed by atoms with van der Waals surface area (Å²) in [7, 11) is 0. The van der Waals surface area contributed by atoms with Crippen LogP contribution in [0.15, 0.2) is 12.5 Å². The number of nitrogens with one attached hydrogen (secondary N) is 4. The minimum Gasteiger partial charge on any atom is -0.481 e. The van der Waals surface area contributed by atoms with E-state index in [0.717, 1.165) is 0 Å². The summed E-state index contributed by atoms with van der Waals surface area (Å²) in [6, 6.07) is -5.54. The second-order valence-electron chi connectivity index (χ2n) is 7.98. The van der Waals surface area contributed by atoms with E-state index in [1.54, 1.807) is 13.8 Å². The van der Waals surface area contributed by atoms with Gasteiger partial charge < -0.3 is 42.0 Å². The number of aliphatic hydroxyl groups is 1. The summed E-state index contributed by atoms with van der Waals surface area (Å²) < 4.78 is 0. The maximum absolute atomic E-state index is 12.9. The van der Waals surface area contributed by atoms with Crippen LogP contribution in [0.25, 0.3) is 0 Å². The lowest BCUT2D eigenvalue weighted by molar-refractivity contribution is -0.143. The maximum atomic E-state index is 12.9. The lowest BCUT2D eigenvalue weighted by Crippen LogP contribution is -2.60. The SMILES string of the molecule is CCC(C)C(NC(=O)C(N)C(C)O)C(=O)NC(CC(=O)O)C(=O)NC(Cc1cnc[nH]1)C(=O)O. The summed E-state index contributed by atoms with van der Waals surface area (Å²) in [6.07, 6.45) is 0.962. The van der Waals surface area contributed by atoms with Crippen LogP contribution in [0.2, 0.25) is 0 Å². The molecule has 1 heterocycles. The molecule has 0 spiro atoms. The van der Waals surface area contributed by atoms with E-state index in [1.807, 2.05) is 0 Å².